The molecule has 0 radical (unpaired) electrons. The molecule has 4 rings (SSSR count). The number of carbonyl (C=O) groups excluding carboxylic acids is 1. The van der Waals surface area contributed by atoms with Gasteiger partial charge >= 0.3 is 0 Å². The molecule has 0 saturated carbocycles. The van der Waals surface area contributed by atoms with Gasteiger partial charge in [0.25, 0.3) is 5.91 Å². The van der Waals surface area contributed by atoms with Crippen LogP contribution in [-0.4, -0.2) is 67.4 Å². The lowest BCUT2D eigenvalue weighted by atomic mass is 9.98. The van der Waals surface area contributed by atoms with Gasteiger partial charge in [-0.25, -0.2) is 12.8 Å². The molecule has 7 nitrogen and oxygen atoms in total. The van der Waals surface area contributed by atoms with Crippen LogP contribution in [0.4, 0.5) is 10.1 Å². The van der Waals surface area contributed by atoms with E-state index in [1.165, 1.54) is 10.4 Å². The SMILES string of the molecule is Cc1c(C(=O)N2CCC(C)CC2)c(S(=O)(=O)N2CCN(c3ccccc3F)CC2)c(C)n1C. The molecule has 180 valence electrons. The molecule has 3 heterocycles. The van der Waals surface area contributed by atoms with Gasteiger partial charge in [0, 0.05) is 57.7 Å². The molecule has 1 amide bonds. The van der Waals surface area contributed by atoms with Gasteiger partial charge in [-0.3, -0.25) is 4.79 Å². The first-order chi connectivity index (χ1) is 15.6. The number of para-hydroxylation sites is 1. The van der Waals surface area contributed by atoms with E-state index in [1.54, 1.807) is 41.6 Å². The van der Waals surface area contributed by atoms with E-state index < -0.39 is 10.0 Å². The number of nitrogens with zero attached hydrogens (tertiary/aromatic N) is 4. The van der Waals surface area contributed by atoms with Crippen LogP contribution < -0.4 is 4.90 Å². The number of hydrogen-bond acceptors (Lipinski definition) is 4. The van der Waals surface area contributed by atoms with Crippen molar-refractivity contribution in [3.63, 3.8) is 0 Å². The highest BCUT2D eigenvalue weighted by Gasteiger charge is 2.38. The number of amides is 1. The lowest BCUT2D eigenvalue weighted by Gasteiger charge is -2.36. The van der Waals surface area contributed by atoms with Crippen molar-refractivity contribution in [1.82, 2.24) is 13.8 Å². The number of likely N-dealkylation sites (tertiary alicyclic amines) is 1. The zero-order chi connectivity index (χ0) is 23.9. The number of piperazine rings is 1. The van der Waals surface area contributed by atoms with Crippen LogP contribution in [0.25, 0.3) is 0 Å². The smallest absolute Gasteiger partial charge is 0.257 e. The third-order valence-corrected chi connectivity index (χ3v) is 9.30. The van der Waals surface area contributed by atoms with Gasteiger partial charge < -0.3 is 14.4 Å². The van der Waals surface area contributed by atoms with Crippen LogP contribution in [0.2, 0.25) is 0 Å². The van der Waals surface area contributed by atoms with Gasteiger partial charge in [0.1, 0.15) is 10.7 Å². The molecule has 0 N–H and O–H groups in total. The molecular formula is C24H33FN4O3S. The minimum absolute atomic E-state index is 0.116. The lowest BCUT2D eigenvalue weighted by Crippen LogP contribution is -2.49. The summed E-state index contributed by atoms with van der Waals surface area (Å²) in [6, 6.07) is 6.53. The number of halogens is 1. The second kappa shape index (κ2) is 9.10. The van der Waals surface area contributed by atoms with Gasteiger partial charge in [0.15, 0.2) is 0 Å². The highest BCUT2D eigenvalue weighted by Crippen LogP contribution is 2.32. The maximum absolute atomic E-state index is 14.2. The first-order valence-electron chi connectivity index (χ1n) is 11.6. The standard InChI is InChI=1S/C24H33FN4O3S/c1-17-9-11-28(12-10-17)24(30)22-18(2)26(4)19(3)23(22)33(31,32)29-15-13-27(14-16-29)21-8-6-5-7-20(21)25/h5-8,17H,9-16H2,1-4H3. The largest absolute Gasteiger partial charge is 0.367 e. The third-order valence-electron chi connectivity index (χ3n) is 7.24. The van der Waals surface area contributed by atoms with Crippen molar-refractivity contribution in [1.29, 1.82) is 0 Å². The molecule has 1 aromatic heterocycles. The molecule has 2 fully saturated rings. The Balaban J connectivity index is 1.61. The molecule has 1 aromatic carbocycles. The second-order valence-corrected chi connectivity index (χ2v) is 11.1. The van der Waals surface area contributed by atoms with Crippen LogP contribution in [0.5, 0.6) is 0 Å². The predicted molar refractivity (Wildman–Crippen MR) is 127 cm³/mol. The number of hydrogen-bond donors (Lipinski definition) is 0. The van der Waals surface area contributed by atoms with E-state index in [1.807, 2.05) is 11.8 Å². The van der Waals surface area contributed by atoms with E-state index in [0.717, 1.165) is 12.8 Å². The first-order valence-corrected chi connectivity index (χ1v) is 13.0. The lowest BCUT2D eigenvalue weighted by molar-refractivity contribution is 0.0692. The number of rotatable bonds is 4. The van der Waals surface area contributed by atoms with Crippen LogP contribution in [0.15, 0.2) is 29.2 Å². The van der Waals surface area contributed by atoms with Gasteiger partial charge in [-0.15, -0.1) is 0 Å². The number of benzene rings is 1. The van der Waals surface area contributed by atoms with E-state index >= 15 is 0 Å². The fourth-order valence-corrected chi connectivity index (χ4v) is 6.77. The Morgan fingerprint density at radius 2 is 1.58 bits per heavy atom. The number of piperidine rings is 1. The Kier molecular flexibility index (Phi) is 6.55. The summed E-state index contributed by atoms with van der Waals surface area (Å²) in [6.45, 7) is 8.28. The first kappa shape index (κ1) is 23.8. The Morgan fingerprint density at radius 3 is 2.18 bits per heavy atom. The van der Waals surface area contributed by atoms with Crippen molar-refractivity contribution in [2.24, 2.45) is 13.0 Å². The molecule has 2 aliphatic heterocycles. The molecule has 0 aliphatic carbocycles. The Morgan fingerprint density at radius 1 is 0.970 bits per heavy atom. The number of sulfonamides is 1. The minimum Gasteiger partial charge on any atom is -0.367 e. The molecule has 0 atom stereocenters. The van der Waals surface area contributed by atoms with Crippen LogP contribution in [0, 0.1) is 25.6 Å². The van der Waals surface area contributed by atoms with Gasteiger partial charge in [0.05, 0.1) is 11.3 Å². The van der Waals surface area contributed by atoms with E-state index in [2.05, 4.69) is 6.92 Å². The highest BCUT2D eigenvalue weighted by molar-refractivity contribution is 7.89. The summed E-state index contributed by atoms with van der Waals surface area (Å²) < 4.78 is 45.0. The van der Waals surface area contributed by atoms with Crippen LogP contribution >= 0.6 is 0 Å². The van der Waals surface area contributed by atoms with Gasteiger partial charge in [-0.1, -0.05) is 19.1 Å². The molecule has 0 bridgehead atoms. The summed E-state index contributed by atoms with van der Waals surface area (Å²) in [4.78, 5) is 17.3. The van der Waals surface area contributed by atoms with Crippen LogP contribution in [-0.2, 0) is 17.1 Å². The Hall–Kier alpha value is -2.39. The van der Waals surface area contributed by atoms with Crippen molar-refractivity contribution in [3.8, 4) is 0 Å². The predicted octanol–water partition coefficient (Wildman–Crippen LogP) is 3.16. The van der Waals surface area contributed by atoms with Gasteiger partial charge in [0.2, 0.25) is 10.0 Å². The fraction of sp³-hybridized carbons (Fsp3) is 0.542. The average molecular weight is 477 g/mol. The summed E-state index contributed by atoms with van der Waals surface area (Å²) in [6.07, 6.45) is 1.85. The molecule has 9 heteroatoms. The number of carbonyl (C=O) groups is 1. The number of aromatic nitrogens is 1. The molecule has 33 heavy (non-hydrogen) atoms. The summed E-state index contributed by atoms with van der Waals surface area (Å²) in [5.74, 6) is 0.0559. The summed E-state index contributed by atoms with van der Waals surface area (Å²) in [5, 5.41) is 0. The third kappa shape index (κ3) is 4.28. The van der Waals surface area contributed by atoms with Crippen LogP contribution in [0.1, 0.15) is 41.5 Å². The van der Waals surface area contributed by atoms with Crippen molar-refractivity contribution < 1.29 is 17.6 Å². The molecule has 2 saturated heterocycles. The van der Waals surface area contributed by atoms with E-state index in [0.29, 0.717) is 54.7 Å². The topological polar surface area (TPSA) is 65.9 Å². The fourth-order valence-electron chi connectivity index (χ4n) is 4.86. The van der Waals surface area contributed by atoms with Crippen molar-refractivity contribution in [2.75, 3.05) is 44.2 Å². The molecule has 2 aliphatic rings. The Labute approximate surface area is 195 Å². The van der Waals surface area contributed by atoms with Crippen molar-refractivity contribution in [3.05, 3.63) is 47.0 Å². The molecule has 0 unspecified atom stereocenters. The van der Waals surface area contributed by atoms with Crippen LogP contribution in [0.3, 0.4) is 0 Å². The van der Waals surface area contributed by atoms with Crippen molar-refractivity contribution >= 4 is 21.6 Å². The normalized spacial score (nSPS) is 18.7. The van der Waals surface area contributed by atoms with E-state index in [-0.39, 0.29) is 29.7 Å². The van der Waals surface area contributed by atoms with E-state index in [9.17, 15) is 17.6 Å². The quantitative estimate of drug-likeness (QED) is 0.680. The second-order valence-electron chi connectivity index (χ2n) is 9.25. The Bertz CT molecular complexity index is 1140. The zero-order valence-electron chi connectivity index (χ0n) is 19.8. The summed E-state index contributed by atoms with van der Waals surface area (Å²) in [5.41, 5.74) is 2.01. The summed E-state index contributed by atoms with van der Waals surface area (Å²) in [7, 11) is -2.09. The minimum atomic E-state index is -3.89. The molecular weight excluding hydrogens is 443 g/mol. The average Bonchev–Trinajstić information content (AvgIpc) is 3.04. The highest BCUT2D eigenvalue weighted by atomic mass is 32.2. The van der Waals surface area contributed by atoms with Gasteiger partial charge in [-0.2, -0.15) is 4.31 Å². The number of anilines is 1. The maximum Gasteiger partial charge on any atom is 0.257 e. The molecule has 2 aromatic rings. The monoisotopic (exact) mass is 476 g/mol. The maximum atomic E-state index is 14.2. The summed E-state index contributed by atoms with van der Waals surface area (Å²) >= 11 is 0. The molecule has 0 spiro atoms. The van der Waals surface area contributed by atoms with Crippen molar-refractivity contribution in [2.45, 2.75) is 38.5 Å². The zero-order valence-corrected chi connectivity index (χ0v) is 20.7. The van der Waals surface area contributed by atoms with Gasteiger partial charge in [-0.05, 0) is 44.7 Å². The van der Waals surface area contributed by atoms with E-state index in [4.69, 9.17) is 0 Å².